The first-order valence-electron chi connectivity index (χ1n) is 9.14. The van der Waals surface area contributed by atoms with Gasteiger partial charge in [-0.3, -0.25) is 9.78 Å². The Bertz CT molecular complexity index is 719. The third-order valence-corrected chi connectivity index (χ3v) is 5.89. The van der Waals surface area contributed by atoms with E-state index in [2.05, 4.69) is 4.98 Å². The highest BCUT2D eigenvalue weighted by atomic mass is 35.5. The molecule has 2 aliphatic carbocycles. The molecule has 25 heavy (non-hydrogen) atoms. The Hall–Kier alpha value is -1.87. The molecule has 1 amide bonds. The molecule has 130 valence electrons. The van der Waals surface area contributed by atoms with Gasteiger partial charge < -0.3 is 4.90 Å². The fourth-order valence-electron chi connectivity index (χ4n) is 4.30. The highest BCUT2D eigenvalue weighted by Crippen LogP contribution is 2.56. The largest absolute Gasteiger partial charge is 0.334 e. The number of halogens is 1. The topological polar surface area (TPSA) is 33.2 Å². The molecule has 4 heteroatoms. The van der Waals surface area contributed by atoms with E-state index in [1.165, 1.54) is 25.7 Å². The maximum atomic E-state index is 13.2. The first-order chi connectivity index (χ1) is 12.2. The Balaban J connectivity index is 1.52. The number of pyridine rings is 1. The summed E-state index contributed by atoms with van der Waals surface area (Å²) in [5.41, 5.74) is 2.19. The molecule has 1 aromatic heterocycles. The van der Waals surface area contributed by atoms with Crippen molar-refractivity contribution < 1.29 is 4.79 Å². The second kappa shape index (κ2) is 7.17. The molecular formula is C21H23ClN2O. The summed E-state index contributed by atoms with van der Waals surface area (Å²) in [6.45, 7) is 1.24. The Morgan fingerprint density at radius 3 is 2.36 bits per heavy atom. The molecule has 0 aliphatic heterocycles. The van der Waals surface area contributed by atoms with Crippen molar-refractivity contribution in [3.63, 3.8) is 0 Å². The molecule has 0 radical (unpaired) electrons. The minimum Gasteiger partial charge on any atom is -0.334 e. The van der Waals surface area contributed by atoms with E-state index in [-0.39, 0.29) is 5.92 Å². The molecule has 1 heterocycles. The average molecular weight is 355 g/mol. The van der Waals surface area contributed by atoms with E-state index in [4.69, 9.17) is 11.6 Å². The van der Waals surface area contributed by atoms with Gasteiger partial charge in [0.25, 0.3) is 0 Å². The molecule has 2 fully saturated rings. The zero-order chi connectivity index (χ0) is 17.2. The van der Waals surface area contributed by atoms with Gasteiger partial charge >= 0.3 is 0 Å². The van der Waals surface area contributed by atoms with E-state index in [1.807, 2.05) is 47.5 Å². The third-order valence-electron chi connectivity index (χ3n) is 5.64. The molecule has 2 aliphatic rings. The maximum Gasteiger partial charge on any atom is 0.226 e. The highest BCUT2D eigenvalue weighted by molar-refractivity contribution is 6.30. The zero-order valence-corrected chi connectivity index (χ0v) is 15.0. The number of hydrogen-bond donors (Lipinski definition) is 0. The highest BCUT2D eigenvalue weighted by Gasteiger charge is 2.55. The van der Waals surface area contributed by atoms with Crippen LogP contribution >= 0.6 is 11.6 Å². The molecule has 0 bridgehead atoms. The lowest BCUT2D eigenvalue weighted by atomic mass is 10.0. The molecule has 2 aromatic rings. The molecule has 2 saturated carbocycles. The fourth-order valence-corrected chi connectivity index (χ4v) is 4.43. The summed E-state index contributed by atoms with van der Waals surface area (Å²) in [6, 6.07) is 11.8. The van der Waals surface area contributed by atoms with Gasteiger partial charge in [0.05, 0.1) is 0 Å². The van der Waals surface area contributed by atoms with Crippen molar-refractivity contribution in [2.24, 2.45) is 17.8 Å². The molecule has 0 spiro atoms. The number of carbonyl (C=O) groups excluding carboxylic acids is 1. The number of rotatable bonds is 5. The second-order valence-corrected chi connectivity index (χ2v) is 7.76. The van der Waals surface area contributed by atoms with Crippen molar-refractivity contribution in [3.05, 3.63) is 64.9 Å². The standard InChI is InChI=1S/C21H23ClN2O/c22-17-9-7-15(8-10-17)13-24(14-16-4-3-11-23-12-16)21(25)20-18-5-1-2-6-19(18)20/h3-4,7-12,18-20H,1-2,5-6,13-14H2/t18-,19-/m1/s1. The number of hydrogen-bond acceptors (Lipinski definition) is 2. The van der Waals surface area contributed by atoms with Crippen molar-refractivity contribution in [2.45, 2.75) is 38.8 Å². The SMILES string of the molecule is O=C(C1[C@@H]2CCCC[C@@H]12)N(Cc1ccc(Cl)cc1)Cc1cccnc1. The third kappa shape index (κ3) is 3.72. The van der Waals surface area contributed by atoms with Crippen LogP contribution in [-0.4, -0.2) is 15.8 Å². The summed E-state index contributed by atoms with van der Waals surface area (Å²) in [5, 5.41) is 0.724. The number of nitrogens with zero attached hydrogens (tertiary/aromatic N) is 2. The Morgan fingerprint density at radius 1 is 1.04 bits per heavy atom. The van der Waals surface area contributed by atoms with Gasteiger partial charge in [0.2, 0.25) is 5.91 Å². The van der Waals surface area contributed by atoms with E-state index < -0.39 is 0 Å². The Morgan fingerprint density at radius 2 is 1.72 bits per heavy atom. The van der Waals surface area contributed by atoms with Crippen LogP contribution < -0.4 is 0 Å². The van der Waals surface area contributed by atoms with Crippen LogP contribution in [-0.2, 0) is 17.9 Å². The summed E-state index contributed by atoms with van der Waals surface area (Å²) in [5.74, 6) is 1.81. The molecule has 2 atom stereocenters. The molecule has 3 nitrogen and oxygen atoms in total. The predicted octanol–water partition coefficient (Wildman–Crippen LogP) is 4.70. The smallest absolute Gasteiger partial charge is 0.226 e. The van der Waals surface area contributed by atoms with Gasteiger partial charge in [0.15, 0.2) is 0 Å². The van der Waals surface area contributed by atoms with Crippen LogP contribution in [0.5, 0.6) is 0 Å². The number of aromatic nitrogens is 1. The molecule has 0 N–H and O–H groups in total. The van der Waals surface area contributed by atoms with Gasteiger partial charge in [-0.2, -0.15) is 0 Å². The van der Waals surface area contributed by atoms with Gasteiger partial charge in [0, 0.05) is 36.4 Å². The summed E-state index contributed by atoms with van der Waals surface area (Å²) < 4.78 is 0. The molecular weight excluding hydrogens is 332 g/mol. The molecule has 4 rings (SSSR count). The van der Waals surface area contributed by atoms with Gasteiger partial charge in [-0.25, -0.2) is 0 Å². The lowest BCUT2D eigenvalue weighted by Crippen LogP contribution is -2.32. The molecule has 1 aromatic carbocycles. The van der Waals surface area contributed by atoms with Gasteiger partial charge in [-0.15, -0.1) is 0 Å². The van der Waals surface area contributed by atoms with Crippen LogP contribution in [0.25, 0.3) is 0 Å². The fraction of sp³-hybridized carbons (Fsp3) is 0.429. The maximum absolute atomic E-state index is 13.2. The molecule has 0 unspecified atom stereocenters. The summed E-state index contributed by atoms with van der Waals surface area (Å²) in [4.78, 5) is 19.4. The lowest BCUT2D eigenvalue weighted by Gasteiger charge is -2.23. The van der Waals surface area contributed by atoms with Crippen molar-refractivity contribution in [1.29, 1.82) is 0 Å². The number of amides is 1. The van der Waals surface area contributed by atoms with Crippen molar-refractivity contribution >= 4 is 17.5 Å². The predicted molar refractivity (Wildman–Crippen MR) is 98.9 cm³/mol. The van der Waals surface area contributed by atoms with E-state index in [9.17, 15) is 4.79 Å². The van der Waals surface area contributed by atoms with E-state index in [0.29, 0.717) is 30.8 Å². The van der Waals surface area contributed by atoms with Crippen LogP contribution in [0.15, 0.2) is 48.8 Å². The van der Waals surface area contributed by atoms with Crippen molar-refractivity contribution in [1.82, 2.24) is 9.88 Å². The monoisotopic (exact) mass is 354 g/mol. The van der Waals surface area contributed by atoms with Gasteiger partial charge in [-0.05, 0) is 54.0 Å². The van der Waals surface area contributed by atoms with E-state index >= 15 is 0 Å². The zero-order valence-electron chi connectivity index (χ0n) is 14.3. The van der Waals surface area contributed by atoms with Crippen molar-refractivity contribution in [2.75, 3.05) is 0 Å². The van der Waals surface area contributed by atoms with E-state index in [0.717, 1.165) is 16.1 Å². The normalized spacial score (nSPS) is 24.4. The summed E-state index contributed by atoms with van der Waals surface area (Å²) in [7, 11) is 0. The summed E-state index contributed by atoms with van der Waals surface area (Å²) in [6.07, 6.45) is 8.63. The van der Waals surface area contributed by atoms with Gasteiger partial charge in [0.1, 0.15) is 0 Å². The van der Waals surface area contributed by atoms with Crippen LogP contribution in [0.4, 0.5) is 0 Å². The number of fused-ring (bicyclic) bond motifs is 1. The van der Waals surface area contributed by atoms with Crippen LogP contribution in [0.3, 0.4) is 0 Å². The minimum absolute atomic E-state index is 0.242. The first kappa shape index (κ1) is 16.6. The van der Waals surface area contributed by atoms with Crippen LogP contribution in [0, 0.1) is 17.8 Å². The Labute approximate surface area is 154 Å². The first-order valence-corrected chi connectivity index (χ1v) is 9.52. The second-order valence-electron chi connectivity index (χ2n) is 7.32. The van der Waals surface area contributed by atoms with Crippen molar-refractivity contribution in [3.8, 4) is 0 Å². The quantitative estimate of drug-likeness (QED) is 0.779. The summed E-state index contributed by atoms with van der Waals surface area (Å²) >= 11 is 5.99. The number of benzene rings is 1. The Kier molecular flexibility index (Phi) is 4.76. The van der Waals surface area contributed by atoms with Crippen LogP contribution in [0.1, 0.15) is 36.8 Å². The van der Waals surface area contributed by atoms with Crippen LogP contribution in [0.2, 0.25) is 5.02 Å². The number of carbonyl (C=O) groups is 1. The van der Waals surface area contributed by atoms with E-state index in [1.54, 1.807) is 6.20 Å². The van der Waals surface area contributed by atoms with Gasteiger partial charge in [-0.1, -0.05) is 42.6 Å². The molecule has 0 saturated heterocycles. The minimum atomic E-state index is 0.242. The average Bonchev–Trinajstić information content (AvgIpc) is 3.38. The lowest BCUT2D eigenvalue weighted by molar-refractivity contribution is -0.134.